The van der Waals surface area contributed by atoms with Gasteiger partial charge in [0.25, 0.3) is 0 Å². The fraction of sp³-hybridized carbons (Fsp3) is 0.200. The first-order valence-electron chi connectivity index (χ1n) is 10.5. The number of halogens is 7. The van der Waals surface area contributed by atoms with Crippen molar-refractivity contribution >= 4 is 28.7 Å². The van der Waals surface area contributed by atoms with Gasteiger partial charge in [0, 0.05) is 34.0 Å². The van der Waals surface area contributed by atoms with Crippen molar-refractivity contribution in [3.05, 3.63) is 93.0 Å². The molecule has 11 heteroatoms. The third-order valence-corrected chi connectivity index (χ3v) is 5.92. The number of hydrogen-bond donors (Lipinski definition) is 0. The van der Waals surface area contributed by atoms with E-state index in [1.165, 1.54) is 18.2 Å². The van der Waals surface area contributed by atoms with Crippen molar-refractivity contribution in [1.82, 2.24) is 4.98 Å². The Kier molecular flexibility index (Phi) is 6.99. The lowest BCUT2D eigenvalue weighted by Crippen LogP contribution is -2.27. The number of pyridine rings is 1. The minimum atomic E-state index is -4.98. The van der Waals surface area contributed by atoms with Gasteiger partial charge in [-0.3, -0.25) is 4.98 Å². The molecule has 0 amide bonds. The molecule has 0 saturated heterocycles. The molecule has 1 aromatic heterocycles. The maximum absolute atomic E-state index is 14.0. The maximum atomic E-state index is 14.0. The van der Waals surface area contributed by atoms with E-state index in [1.807, 2.05) is 0 Å². The van der Waals surface area contributed by atoms with Gasteiger partial charge in [0.05, 0.1) is 5.97 Å². The number of hydrogen-bond acceptors (Lipinski definition) is 4. The number of aromatic nitrogens is 1. The molecule has 0 fully saturated rings. The Morgan fingerprint density at radius 1 is 1.00 bits per heavy atom. The molecule has 1 aliphatic carbocycles. The number of nitrogens with zero attached hydrogens (tertiary/aromatic N) is 1. The molecule has 0 atom stereocenters. The van der Waals surface area contributed by atoms with Crippen LogP contribution in [-0.2, 0) is 12.8 Å². The Labute approximate surface area is 205 Å². The van der Waals surface area contributed by atoms with Gasteiger partial charge in [0.2, 0.25) is 0 Å². The van der Waals surface area contributed by atoms with E-state index in [1.54, 1.807) is 0 Å². The van der Waals surface area contributed by atoms with Crippen LogP contribution in [0.1, 0.15) is 52.0 Å². The van der Waals surface area contributed by atoms with E-state index in [9.17, 15) is 36.2 Å². The van der Waals surface area contributed by atoms with E-state index < -0.39 is 47.5 Å². The molecule has 0 spiro atoms. The molecule has 2 aromatic carbocycles. The first kappa shape index (κ1) is 25.6. The van der Waals surface area contributed by atoms with Crippen molar-refractivity contribution < 1.29 is 41.0 Å². The largest absolute Gasteiger partial charge is 0.545 e. The van der Waals surface area contributed by atoms with E-state index >= 15 is 0 Å². The summed E-state index contributed by atoms with van der Waals surface area (Å²) in [5.41, 5.74) is -1.14. The number of carbonyl (C=O) groups is 1. The maximum Gasteiger partial charge on any atom is 0.433 e. The summed E-state index contributed by atoms with van der Waals surface area (Å²) in [4.78, 5) is 14.7. The summed E-state index contributed by atoms with van der Waals surface area (Å²) in [5, 5.41) is 11.7. The van der Waals surface area contributed by atoms with Crippen LogP contribution in [0.5, 0.6) is 5.75 Å². The third-order valence-electron chi connectivity index (χ3n) is 5.68. The second kappa shape index (κ2) is 9.85. The Balaban J connectivity index is 1.75. The van der Waals surface area contributed by atoms with Crippen LogP contribution in [0.25, 0.3) is 11.1 Å². The summed E-state index contributed by atoms with van der Waals surface area (Å²) in [7, 11) is 0. The Morgan fingerprint density at radius 3 is 2.39 bits per heavy atom. The molecule has 0 bridgehead atoms. The lowest BCUT2D eigenvalue weighted by Gasteiger charge is -2.17. The molecular formula is C25H15ClF6NO3-. The average Bonchev–Trinajstić information content (AvgIpc) is 3.30. The van der Waals surface area contributed by atoms with Crippen molar-refractivity contribution in [2.24, 2.45) is 0 Å². The van der Waals surface area contributed by atoms with Gasteiger partial charge in [-0.2, -0.15) is 13.2 Å². The predicted octanol–water partition coefficient (Wildman–Crippen LogP) is 6.21. The van der Waals surface area contributed by atoms with E-state index in [0.717, 1.165) is 12.3 Å². The van der Waals surface area contributed by atoms with E-state index in [0.29, 0.717) is 53.1 Å². The zero-order chi connectivity index (χ0) is 26.2. The first-order valence-corrected chi connectivity index (χ1v) is 10.9. The van der Waals surface area contributed by atoms with Gasteiger partial charge in [-0.25, -0.2) is 13.2 Å². The van der Waals surface area contributed by atoms with Crippen molar-refractivity contribution in [2.75, 3.05) is 0 Å². The summed E-state index contributed by atoms with van der Waals surface area (Å²) in [6.07, 6.45) is -2.59. The third kappa shape index (κ3) is 5.18. The number of alkyl halides is 3. The molecular weight excluding hydrogens is 512 g/mol. The van der Waals surface area contributed by atoms with Crippen LogP contribution >= 0.6 is 11.6 Å². The standard InChI is InChI=1S/C25H16ClF6NO3/c26-14-4-5-22(36-11-13-7-20(28)21(29)9-19(13)27)17(8-14)16-3-1-2-15(16)12-6-18(24(34)35)23(33-10-12)25(30,31)32/h4-10H,1-3,11H2,(H,34,35)/p-1. The normalized spacial score (nSPS) is 13.9. The van der Waals surface area contributed by atoms with E-state index in [2.05, 4.69) is 4.98 Å². The molecule has 1 aliphatic rings. The fourth-order valence-electron chi connectivity index (χ4n) is 4.06. The van der Waals surface area contributed by atoms with Gasteiger partial charge in [-0.05, 0) is 66.3 Å². The van der Waals surface area contributed by atoms with Crippen LogP contribution in [0.4, 0.5) is 26.3 Å². The van der Waals surface area contributed by atoms with Crippen molar-refractivity contribution in [3.63, 3.8) is 0 Å². The second-order valence-electron chi connectivity index (χ2n) is 8.00. The van der Waals surface area contributed by atoms with E-state index in [-0.39, 0.29) is 16.9 Å². The van der Waals surface area contributed by atoms with E-state index in [4.69, 9.17) is 16.3 Å². The molecule has 0 aliphatic heterocycles. The zero-order valence-electron chi connectivity index (χ0n) is 18.2. The van der Waals surface area contributed by atoms with Crippen LogP contribution < -0.4 is 9.84 Å². The quantitative estimate of drug-likeness (QED) is 0.283. The summed E-state index contributed by atoms with van der Waals surface area (Å²) in [6.45, 7) is -0.447. The van der Waals surface area contributed by atoms with Gasteiger partial charge >= 0.3 is 6.18 Å². The average molecular weight is 527 g/mol. The zero-order valence-corrected chi connectivity index (χ0v) is 18.9. The highest BCUT2D eigenvalue weighted by Gasteiger charge is 2.36. The second-order valence-corrected chi connectivity index (χ2v) is 8.44. The number of allylic oxidation sites excluding steroid dienone is 2. The van der Waals surface area contributed by atoms with Crippen molar-refractivity contribution in [3.8, 4) is 5.75 Å². The Hall–Kier alpha value is -3.53. The fourth-order valence-corrected chi connectivity index (χ4v) is 4.24. The molecule has 1 heterocycles. The van der Waals surface area contributed by atoms with Crippen molar-refractivity contribution in [2.45, 2.75) is 32.0 Å². The Morgan fingerprint density at radius 2 is 1.69 bits per heavy atom. The lowest BCUT2D eigenvalue weighted by molar-refractivity contribution is -0.255. The van der Waals surface area contributed by atoms with Gasteiger partial charge in [0.15, 0.2) is 17.3 Å². The minimum Gasteiger partial charge on any atom is -0.545 e. The van der Waals surface area contributed by atoms with Crippen LogP contribution in [0.15, 0.2) is 42.6 Å². The SMILES string of the molecule is O=C([O-])c1cc(C2=C(c3cc(Cl)ccc3OCc3cc(F)c(F)cc3F)CCC2)cnc1C(F)(F)F. The highest BCUT2D eigenvalue weighted by atomic mass is 35.5. The summed E-state index contributed by atoms with van der Waals surface area (Å²) >= 11 is 6.15. The van der Waals surface area contributed by atoms with Crippen LogP contribution in [-0.4, -0.2) is 11.0 Å². The summed E-state index contributed by atoms with van der Waals surface area (Å²) < 4.78 is 86.1. The van der Waals surface area contributed by atoms with Crippen LogP contribution in [0.2, 0.25) is 5.02 Å². The number of aromatic carboxylic acids is 1. The number of rotatable bonds is 6. The smallest absolute Gasteiger partial charge is 0.433 e. The van der Waals surface area contributed by atoms with Gasteiger partial charge in [-0.1, -0.05) is 11.6 Å². The number of carboxylic acid groups (broad SMARTS) is 1. The molecule has 4 rings (SSSR count). The number of carboxylic acids is 1. The number of carbonyl (C=O) groups excluding carboxylic acids is 1. The van der Waals surface area contributed by atoms with Crippen molar-refractivity contribution in [1.29, 1.82) is 0 Å². The molecule has 4 nitrogen and oxygen atoms in total. The van der Waals surface area contributed by atoms with Gasteiger partial charge < -0.3 is 14.6 Å². The molecule has 0 radical (unpaired) electrons. The van der Waals surface area contributed by atoms with Crippen LogP contribution in [0, 0.1) is 17.5 Å². The van der Waals surface area contributed by atoms with Gasteiger partial charge in [-0.15, -0.1) is 0 Å². The molecule has 0 saturated carbocycles. The van der Waals surface area contributed by atoms with Gasteiger partial charge in [0.1, 0.15) is 18.2 Å². The molecule has 0 N–H and O–H groups in total. The topological polar surface area (TPSA) is 62.2 Å². The molecule has 188 valence electrons. The van der Waals surface area contributed by atoms with Crippen LogP contribution in [0.3, 0.4) is 0 Å². The molecule has 3 aromatic rings. The number of benzene rings is 2. The lowest BCUT2D eigenvalue weighted by atomic mass is 9.96. The monoisotopic (exact) mass is 526 g/mol. The molecule has 0 unspecified atom stereocenters. The minimum absolute atomic E-state index is 0.160. The molecule has 36 heavy (non-hydrogen) atoms. The highest BCUT2D eigenvalue weighted by Crippen LogP contribution is 2.44. The summed E-state index contributed by atoms with van der Waals surface area (Å²) in [5.74, 6) is -5.40. The first-order chi connectivity index (χ1) is 17.0. The number of ether oxygens (including phenoxy) is 1. The predicted molar refractivity (Wildman–Crippen MR) is 116 cm³/mol. The summed E-state index contributed by atoms with van der Waals surface area (Å²) in [6, 6.07) is 6.46. The Bertz CT molecular complexity index is 1390. The highest BCUT2D eigenvalue weighted by molar-refractivity contribution is 6.30.